The van der Waals surface area contributed by atoms with Crippen molar-refractivity contribution in [3.8, 4) is 12.3 Å². The highest BCUT2D eigenvalue weighted by Gasteiger charge is 2.33. The molecule has 0 aromatic carbocycles. The maximum absolute atomic E-state index is 5.22. The second-order valence-electron chi connectivity index (χ2n) is 4.46. The van der Waals surface area contributed by atoms with Gasteiger partial charge in [-0.1, -0.05) is 5.92 Å². The molecule has 0 spiro atoms. The molecule has 0 aromatic heterocycles. The smallest absolute Gasteiger partial charge is 0.0545 e. The van der Waals surface area contributed by atoms with E-state index in [9.17, 15) is 0 Å². The summed E-state index contributed by atoms with van der Waals surface area (Å²) in [7, 11) is 0. The fourth-order valence-electron chi connectivity index (χ4n) is 2.18. The number of nitrogens with one attached hydrogen (secondary N) is 1. The Morgan fingerprint density at radius 2 is 2.33 bits per heavy atom. The molecule has 1 N–H and O–H groups in total. The molecule has 2 fully saturated rings. The predicted molar refractivity (Wildman–Crippen MR) is 67.1 cm³/mol. The van der Waals surface area contributed by atoms with Gasteiger partial charge in [0, 0.05) is 38.0 Å². The standard InChI is InChI=1S/C12H20N2S/c1-2-8-15-9-7-14-6-5-13-12(10-14)11-3-4-11/h1,11-13H,3-10H2. The average molecular weight is 224 g/mol. The zero-order chi connectivity index (χ0) is 10.5. The Morgan fingerprint density at radius 3 is 3.07 bits per heavy atom. The van der Waals surface area contributed by atoms with Crippen molar-refractivity contribution >= 4 is 11.8 Å². The summed E-state index contributed by atoms with van der Waals surface area (Å²) in [5.74, 6) is 5.69. The normalized spacial score (nSPS) is 27.5. The molecule has 1 unspecified atom stereocenters. The molecule has 2 aliphatic rings. The second-order valence-corrected chi connectivity index (χ2v) is 5.56. The summed E-state index contributed by atoms with van der Waals surface area (Å²) in [6.07, 6.45) is 8.11. The largest absolute Gasteiger partial charge is 0.311 e. The molecule has 1 aliphatic carbocycles. The first-order valence-electron chi connectivity index (χ1n) is 5.87. The van der Waals surface area contributed by atoms with Crippen LogP contribution in [-0.4, -0.2) is 48.6 Å². The van der Waals surface area contributed by atoms with E-state index in [-0.39, 0.29) is 0 Å². The lowest BCUT2D eigenvalue weighted by molar-refractivity contribution is 0.198. The van der Waals surface area contributed by atoms with Crippen LogP contribution < -0.4 is 5.32 Å². The highest BCUT2D eigenvalue weighted by atomic mass is 32.2. The van der Waals surface area contributed by atoms with Crippen LogP contribution in [0, 0.1) is 18.3 Å². The lowest BCUT2D eigenvalue weighted by Crippen LogP contribution is -2.52. The molecule has 2 nitrogen and oxygen atoms in total. The highest BCUT2D eigenvalue weighted by molar-refractivity contribution is 7.99. The molecule has 1 aliphatic heterocycles. The lowest BCUT2D eigenvalue weighted by atomic mass is 10.1. The Hall–Kier alpha value is -0.170. The van der Waals surface area contributed by atoms with Gasteiger partial charge in [0.25, 0.3) is 0 Å². The van der Waals surface area contributed by atoms with Gasteiger partial charge in [0.05, 0.1) is 5.75 Å². The van der Waals surface area contributed by atoms with Crippen molar-refractivity contribution in [2.24, 2.45) is 5.92 Å². The van der Waals surface area contributed by atoms with E-state index in [4.69, 9.17) is 6.42 Å². The zero-order valence-electron chi connectivity index (χ0n) is 9.24. The number of rotatable bonds is 5. The minimum Gasteiger partial charge on any atom is -0.311 e. The van der Waals surface area contributed by atoms with Gasteiger partial charge >= 0.3 is 0 Å². The molecule has 1 atom stereocenters. The van der Waals surface area contributed by atoms with E-state index in [2.05, 4.69) is 16.1 Å². The van der Waals surface area contributed by atoms with Gasteiger partial charge in [-0.25, -0.2) is 0 Å². The van der Waals surface area contributed by atoms with Gasteiger partial charge < -0.3 is 5.32 Å². The maximum atomic E-state index is 5.22. The SMILES string of the molecule is C#CCSCCN1CCNC(C2CC2)C1. The molecular formula is C12H20N2S. The number of hydrogen-bond donors (Lipinski definition) is 1. The fraction of sp³-hybridized carbons (Fsp3) is 0.833. The van der Waals surface area contributed by atoms with E-state index < -0.39 is 0 Å². The van der Waals surface area contributed by atoms with Crippen molar-refractivity contribution in [2.45, 2.75) is 18.9 Å². The average Bonchev–Trinajstić information content (AvgIpc) is 3.09. The molecule has 0 radical (unpaired) electrons. The van der Waals surface area contributed by atoms with Crippen molar-refractivity contribution in [1.82, 2.24) is 10.2 Å². The third-order valence-electron chi connectivity index (χ3n) is 3.22. The van der Waals surface area contributed by atoms with E-state index in [1.54, 1.807) is 0 Å². The van der Waals surface area contributed by atoms with Crippen LogP contribution in [-0.2, 0) is 0 Å². The van der Waals surface area contributed by atoms with Crippen LogP contribution in [0.3, 0.4) is 0 Å². The lowest BCUT2D eigenvalue weighted by Gasteiger charge is -2.33. The predicted octanol–water partition coefficient (Wildman–Crippen LogP) is 1.04. The zero-order valence-corrected chi connectivity index (χ0v) is 10.1. The monoisotopic (exact) mass is 224 g/mol. The topological polar surface area (TPSA) is 15.3 Å². The molecule has 15 heavy (non-hydrogen) atoms. The van der Waals surface area contributed by atoms with Gasteiger partial charge in [0.15, 0.2) is 0 Å². The maximum Gasteiger partial charge on any atom is 0.0545 e. The minimum absolute atomic E-state index is 0.774. The van der Waals surface area contributed by atoms with E-state index in [0.29, 0.717) is 0 Å². The summed E-state index contributed by atoms with van der Waals surface area (Å²) in [6, 6.07) is 0.774. The Balaban J connectivity index is 1.62. The van der Waals surface area contributed by atoms with E-state index >= 15 is 0 Å². The molecule has 3 heteroatoms. The number of piperazine rings is 1. The van der Waals surface area contributed by atoms with Gasteiger partial charge in [-0.3, -0.25) is 4.90 Å². The third kappa shape index (κ3) is 3.71. The van der Waals surface area contributed by atoms with Crippen molar-refractivity contribution in [1.29, 1.82) is 0 Å². The first-order valence-corrected chi connectivity index (χ1v) is 7.02. The minimum atomic E-state index is 0.774. The highest BCUT2D eigenvalue weighted by Crippen LogP contribution is 2.33. The first-order chi connectivity index (χ1) is 7.40. The molecular weight excluding hydrogens is 204 g/mol. The van der Waals surface area contributed by atoms with Gasteiger partial charge in [0.2, 0.25) is 0 Å². The molecule has 0 amide bonds. The molecule has 84 valence electrons. The van der Waals surface area contributed by atoms with Gasteiger partial charge in [-0.05, 0) is 18.8 Å². The van der Waals surface area contributed by atoms with Crippen molar-refractivity contribution in [3.05, 3.63) is 0 Å². The van der Waals surface area contributed by atoms with E-state index in [1.807, 2.05) is 11.8 Å². The van der Waals surface area contributed by atoms with E-state index in [0.717, 1.165) is 17.7 Å². The summed E-state index contributed by atoms with van der Waals surface area (Å²) in [5, 5.41) is 3.63. The molecule has 0 aromatic rings. The summed E-state index contributed by atoms with van der Waals surface area (Å²) < 4.78 is 0. The van der Waals surface area contributed by atoms with Crippen molar-refractivity contribution < 1.29 is 0 Å². The Morgan fingerprint density at radius 1 is 1.47 bits per heavy atom. The van der Waals surface area contributed by atoms with Crippen LogP contribution in [0.5, 0.6) is 0 Å². The summed E-state index contributed by atoms with van der Waals surface area (Å²) in [6.45, 7) is 4.83. The van der Waals surface area contributed by atoms with Crippen LogP contribution in [0.15, 0.2) is 0 Å². The van der Waals surface area contributed by atoms with Crippen molar-refractivity contribution in [3.63, 3.8) is 0 Å². The van der Waals surface area contributed by atoms with Crippen LogP contribution in [0.4, 0.5) is 0 Å². The van der Waals surface area contributed by atoms with Crippen LogP contribution in [0.25, 0.3) is 0 Å². The molecule has 0 bridgehead atoms. The first kappa shape index (κ1) is 11.3. The molecule has 2 rings (SSSR count). The van der Waals surface area contributed by atoms with Crippen LogP contribution in [0.1, 0.15) is 12.8 Å². The van der Waals surface area contributed by atoms with Gasteiger partial charge in [0.1, 0.15) is 0 Å². The molecule has 1 saturated heterocycles. The molecule has 1 heterocycles. The van der Waals surface area contributed by atoms with Crippen LogP contribution in [0.2, 0.25) is 0 Å². The summed E-state index contributed by atoms with van der Waals surface area (Å²) in [5.41, 5.74) is 0. The Bertz CT molecular complexity index is 232. The summed E-state index contributed by atoms with van der Waals surface area (Å²) in [4.78, 5) is 2.59. The van der Waals surface area contributed by atoms with Crippen LogP contribution >= 0.6 is 11.8 Å². The van der Waals surface area contributed by atoms with Crippen molar-refractivity contribution in [2.75, 3.05) is 37.7 Å². The number of thioether (sulfide) groups is 1. The van der Waals surface area contributed by atoms with E-state index in [1.165, 1.54) is 44.8 Å². The number of nitrogens with zero attached hydrogens (tertiary/aromatic N) is 1. The summed E-state index contributed by atoms with van der Waals surface area (Å²) >= 11 is 1.87. The fourth-order valence-corrected chi connectivity index (χ4v) is 2.83. The quantitative estimate of drug-likeness (QED) is 0.555. The number of hydrogen-bond acceptors (Lipinski definition) is 3. The Labute approximate surface area is 97.2 Å². The molecule has 1 saturated carbocycles. The Kier molecular flexibility index (Phi) is 4.37. The second kappa shape index (κ2) is 5.79. The third-order valence-corrected chi connectivity index (χ3v) is 4.06. The number of terminal acetylenes is 1. The van der Waals surface area contributed by atoms with Gasteiger partial charge in [-0.2, -0.15) is 0 Å². The van der Waals surface area contributed by atoms with Gasteiger partial charge in [-0.15, -0.1) is 18.2 Å².